The van der Waals surface area contributed by atoms with Crippen molar-refractivity contribution in [1.29, 1.82) is 0 Å². The van der Waals surface area contributed by atoms with Crippen molar-refractivity contribution in [1.82, 2.24) is 5.32 Å². The van der Waals surface area contributed by atoms with E-state index in [1.807, 2.05) is 12.1 Å². The molecule has 0 spiro atoms. The summed E-state index contributed by atoms with van der Waals surface area (Å²) in [6.07, 6.45) is 0. The lowest BCUT2D eigenvalue weighted by Crippen LogP contribution is -2.35. The number of allylic oxidation sites excluding steroid dienone is 2. The van der Waals surface area contributed by atoms with Crippen molar-refractivity contribution in [2.24, 2.45) is 0 Å². The van der Waals surface area contributed by atoms with E-state index in [4.69, 9.17) is 4.74 Å². The van der Waals surface area contributed by atoms with E-state index < -0.39 is 24.3 Å². The summed E-state index contributed by atoms with van der Waals surface area (Å²) in [5.74, 6) is -2.04. The summed E-state index contributed by atoms with van der Waals surface area (Å²) in [6, 6.07) is 23.9. The normalized spacial score (nSPS) is 13.9. The van der Waals surface area contributed by atoms with Gasteiger partial charge in [0.25, 0.3) is 11.8 Å². The number of benzene rings is 3. The number of dihydropyridines is 1. The van der Waals surface area contributed by atoms with Crippen molar-refractivity contribution in [3.63, 3.8) is 0 Å². The summed E-state index contributed by atoms with van der Waals surface area (Å²) in [6.45, 7) is 0.337. The first-order valence-electron chi connectivity index (χ1n) is 11.3. The van der Waals surface area contributed by atoms with Crippen LogP contribution in [0.5, 0.6) is 5.75 Å². The van der Waals surface area contributed by atoms with Crippen molar-refractivity contribution in [3.8, 4) is 5.75 Å². The molecule has 36 heavy (non-hydrogen) atoms. The predicted molar refractivity (Wildman–Crippen MR) is 134 cm³/mol. The van der Waals surface area contributed by atoms with Crippen molar-refractivity contribution < 1.29 is 23.1 Å². The second-order valence-corrected chi connectivity index (χ2v) is 8.19. The lowest BCUT2D eigenvalue weighted by Gasteiger charge is -2.32. The molecule has 4 rings (SSSR count). The molecule has 0 aromatic heterocycles. The first-order chi connectivity index (χ1) is 17.3. The van der Waals surface area contributed by atoms with Crippen LogP contribution in [-0.4, -0.2) is 18.4 Å². The molecule has 1 aliphatic heterocycles. The molecule has 0 saturated heterocycles. The summed E-state index contributed by atoms with van der Waals surface area (Å²) in [5, 5.41) is 8.81. The highest BCUT2D eigenvalue weighted by Gasteiger charge is 2.38. The molecule has 2 amide bonds. The molecule has 0 saturated carbocycles. The average Bonchev–Trinajstić information content (AvgIpc) is 2.84. The number of carbonyl (C=O) groups excluding carboxylic acids is 2. The van der Waals surface area contributed by atoms with Crippen molar-refractivity contribution in [3.05, 3.63) is 113 Å². The highest BCUT2D eigenvalue weighted by Crippen LogP contribution is 2.43. The van der Waals surface area contributed by atoms with E-state index in [-0.39, 0.29) is 22.5 Å². The Labute approximate surface area is 207 Å². The van der Waals surface area contributed by atoms with E-state index in [0.29, 0.717) is 22.8 Å². The molecule has 0 atom stereocenters. The van der Waals surface area contributed by atoms with Crippen LogP contribution in [0.1, 0.15) is 25.3 Å². The Hall–Kier alpha value is -4.46. The van der Waals surface area contributed by atoms with Gasteiger partial charge in [0.1, 0.15) is 5.75 Å². The minimum atomic E-state index is -3.08. The lowest BCUT2D eigenvalue weighted by molar-refractivity contribution is -0.113. The number of carbonyl (C=O) groups is 2. The highest BCUT2D eigenvalue weighted by atomic mass is 19.3. The molecule has 0 bridgehead atoms. The largest absolute Gasteiger partial charge is 0.435 e. The maximum absolute atomic E-state index is 13.6. The number of hydrogen-bond donors (Lipinski definition) is 3. The third-order valence-electron chi connectivity index (χ3n) is 5.76. The quantitative estimate of drug-likeness (QED) is 0.392. The zero-order chi connectivity index (χ0) is 25.7. The topological polar surface area (TPSA) is 79.5 Å². The molecule has 0 unspecified atom stereocenters. The second-order valence-electron chi connectivity index (χ2n) is 8.19. The van der Waals surface area contributed by atoms with Gasteiger partial charge in [0, 0.05) is 39.5 Å². The van der Waals surface area contributed by atoms with Crippen LogP contribution in [0.3, 0.4) is 0 Å². The SMILES string of the molecule is CC1=C(C(=O)Nc2ccccc2)C(c2ccccc2OC(F)F)C(C(=O)Nc2ccccc2)=C(C)N1. The number of hydrogen-bond acceptors (Lipinski definition) is 4. The molecule has 0 fully saturated rings. The van der Waals surface area contributed by atoms with Gasteiger partial charge >= 0.3 is 6.61 Å². The molecule has 8 heteroatoms. The first-order valence-corrected chi connectivity index (χ1v) is 11.3. The van der Waals surface area contributed by atoms with E-state index in [1.54, 1.807) is 80.6 Å². The molecule has 184 valence electrons. The first kappa shape index (κ1) is 24.7. The number of ether oxygens (including phenoxy) is 1. The van der Waals surface area contributed by atoms with Crippen LogP contribution >= 0.6 is 0 Å². The monoisotopic (exact) mass is 489 g/mol. The standard InChI is InChI=1S/C28H25F2N3O3/c1-17-23(26(34)32-19-11-5-3-6-12-19)25(21-15-9-10-16-22(21)36-28(29)30)24(18(2)31-17)27(35)33-20-13-7-4-8-14-20/h3-16,25,28,31H,1-2H3,(H,32,34)(H,33,35). The van der Waals surface area contributed by atoms with Gasteiger partial charge in [-0.25, -0.2) is 0 Å². The fraction of sp³-hybridized carbons (Fsp3) is 0.143. The van der Waals surface area contributed by atoms with Crippen LogP contribution in [0.4, 0.5) is 20.2 Å². The van der Waals surface area contributed by atoms with Crippen LogP contribution in [0.25, 0.3) is 0 Å². The van der Waals surface area contributed by atoms with E-state index in [0.717, 1.165) is 0 Å². The fourth-order valence-electron chi connectivity index (χ4n) is 4.27. The second kappa shape index (κ2) is 10.9. The summed E-state index contributed by atoms with van der Waals surface area (Å²) < 4.78 is 31.4. The van der Waals surface area contributed by atoms with Gasteiger partial charge < -0.3 is 20.7 Å². The molecular weight excluding hydrogens is 464 g/mol. The number of alkyl halides is 2. The zero-order valence-electron chi connectivity index (χ0n) is 19.7. The van der Waals surface area contributed by atoms with Crippen LogP contribution in [0.15, 0.2) is 107 Å². The number of anilines is 2. The van der Waals surface area contributed by atoms with Crippen LogP contribution < -0.4 is 20.7 Å². The Morgan fingerprint density at radius 3 is 1.67 bits per heavy atom. The van der Waals surface area contributed by atoms with Crippen molar-refractivity contribution in [2.45, 2.75) is 26.4 Å². The zero-order valence-corrected chi connectivity index (χ0v) is 19.7. The molecule has 3 N–H and O–H groups in total. The Bertz CT molecular complexity index is 1250. The fourth-order valence-corrected chi connectivity index (χ4v) is 4.27. The molecule has 0 aliphatic carbocycles. The number of para-hydroxylation sites is 3. The van der Waals surface area contributed by atoms with Gasteiger partial charge in [-0.15, -0.1) is 0 Å². The molecule has 6 nitrogen and oxygen atoms in total. The molecular formula is C28H25F2N3O3. The van der Waals surface area contributed by atoms with Gasteiger partial charge in [-0.3, -0.25) is 9.59 Å². The third-order valence-corrected chi connectivity index (χ3v) is 5.76. The van der Waals surface area contributed by atoms with Gasteiger partial charge in [-0.05, 0) is 44.2 Å². The van der Waals surface area contributed by atoms with E-state index in [9.17, 15) is 18.4 Å². The maximum Gasteiger partial charge on any atom is 0.387 e. The lowest BCUT2D eigenvalue weighted by atomic mass is 9.79. The van der Waals surface area contributed by atoms with Crippen LogP contribution in [0, 0.1) is 0 Å². The van der Waals surface area contributed by atoms with Gasteiger partial charge in [0.15, 0.2) is 0 Å². The smallest absolute Gasteiger partial charge is 0.387 e. The Kier molecular flexibility index (Phi) is 7.44. The molecule has 3 aromatic carbocycles. The average molecular weight is 490 g/mol. The highest BCUT2D eigenvalue weighted by molar-refractivity contribution is 6.12. The van der Waals surface area contributed by atoms with E-state index in [2.05, 4.69) is 16.0 Å². The number of nitrogens with one attached hydrogen (secondary N) is 3. The Morgan fingerprint density at radius 1 is 0.750 bits per heavy atom. The predicted octanol–water partition coefficient (Wildman–Crippen LogP) is 5.80. The minimum Gasteiger partial charge on any atom is -0.435 e. The molecule has 0 radical (unpaired) electrons. The van der Waals surface area contributed by atoms with Gasteiger partial charge in [0.2, 0.25) is 0 Å². The Morgan fingerprint density at radius 2 is 1.19 bits per heavy atom. The number of halogens is 2. The maximum atomic E-state index is 13.6. The van der Waals surface area contributed by atoms with Crippen LogP contribution in [0.2, 0.25) is 0 Å². The van der Waals surface area contributed by atoms with Gasteiger partial charge in [-0.1, -0.05) is 54.6 Å². The van der Waals surface area contributed by atoms with Gasteiger partial charge in [-0.2, -0.15) is 8.78 Å². The molecule has 1 aliphatic rings. The van der Waals surface area contributed by atoms with Crippen molar-refractivity contribution in [2.75, 3.05) is 10.6 Å². The molecule has 1 heterocycles. The summed E-state index contributed by atoms with van der Waals surface area (Å²) >= 11 is 0. The third kappa shape index (κ3) is 5.43. The summed E-state index contributed by atoms with van der Waals surface area (Å²) in [5.41, 5.74) is 2.80. The van der Waals surface area contributed by atoms with Crippen molar-refractivity contribution >= 4 is 23.2 Å². The van der Waals surface area contributed by atoms with Gasteiger partial charge in [0.05, 0.1) is 5.92 Å². The van der Waals surface area contributed by atoms with E-state index in [1.165, 1.54) is 6.07 Å². The minimum absolute atomic E-state index is 0.116. The Balaban J connectivity index is 1.82. The summed E-state index contributed by atoms with van der Waals surface area (Å²) in [4.78, 5) is 27.2. The summed E-state index contributed by atoms with van der Waals surface area (Å²) in [7, 11) is 0. The number of amides is 2. The molecule has 3 aromatic rings. The van der Waals surface area contributed by atoms with Crippen LogP contribution in [-0.2, 0) is 9.59 Å². The van der Waals surface area contributed by atoms with E-state index >= 15 is 0 Å². The number of rotatable bonds is 7.